The van der Waals surface area contributed by atoms with Crippen LogP contribution in [0, 0.1) is 13.8 Å². The second-order valence-corrected chi connectivity index (χ2v) is 5.81. The summed E-state index contributed by atoms with van der Waals surface area (Å²) in [5.74, 6) is -0.620. The van der Waals surface area contributed by atoms with Crippen molar-refractivity contribution in [3.05, 3.63) is 27.8 Å². The van der Waals surface area contributed by atoms with Gasteiger partial charge >= 0.3 is 0 Å². The molecule has 23 heavy (non-hydrogen) atoms. The number of halogens is 1. The molecule has 0 aliphatic carbocycles. The monoisotopic (exact) mass is 382 g/mol. The molecular formula is C14H19BrN6O2. The molecule has 0 radical (unpaired) electrons. The Morgan fingerprint density at radius 3 is 2.52 bits per heavy atom. The molecule has 0 spiro atoms. The number of rotatable bonds is 5. The summed E-state index contributed by atoms with van der Waals surface area (Å²) in [6, 6.07) is 0. The molecule has 2 aromatic heterocycles. The Bertz CT molecular complexity index is 749. The summed E-state index contributed by atoms with van der Waals surface area (Å²) in [5.41, 5.74) is 2.27. The van der Waals surface area contributed by atoms with Gasteiger partial charge in [-0.15, -0.1) is 0 Å². The van der Waals surface area contributed by atoms with Crippen LogP contribution < -0.4 is 10.6 Å². The van der Waals surface area contributed by atoms with Crippen LogP contribution in [0.15, 0.2) is 10.7 Å². The minimum absolute atomic E-state index is 0.0583. The number of amides is 2. The molecule has 0 saturated heterocycles. The zero-order valence-corrected chi connectivity index (χ0v) is 15.1. The van der Waals surface area contributed by atoms with Crippen LogP contribution in [-0.2, 0) is 17.9 Å². The van der Waals surface area contributed by atoms with E-state index in [2.05, 4.69) is 36.8 Å². The van der Waals surface area contributed by atoms with E-state index in [-0.39, 0.29) is 24.1 Å². The Balaban J connectivity index is 2.18. The van der Waals surface area contributed by atoms with Crippen LogP contribution in [0.3, 0.4) is 0 Å². The number of aryl methyl sites for hydroxylation is 2. The lowest BCUT2D eigenvalue weighted by Gasteiger charge is -2.06. The Morgan fingerprint density at radius 1 is 1.30 bits per heavy atom. The summed E-state index contributed by atoms with van der Waals surface area (Å²) in [7, 11) is 1.52. The van der Waals surface area contributed by atoms with Crippen molar-refractivity contribution in [2.75, 3.05) is 12.4 Å². The van der Waals surface area contributed by atoms with E-state index in [4.69, 9.17) is 0 Å². The lowest BCUT2D eigenvalue weighted by Crippen LogP contribution is -2.24. The summed E-state index contributed by atoms with van der Waals surface area (Å²) in [6.45, 7) is 6.30. The third kappa shape index (κ3) is 3.61. The molecule has 0 unspecified atom stereocenters. The van der Waals surface area contributed by atoms with Crippen molar-refractivity contribution in [1.29, 1.82) is 0 Å². The number of carbonyl (C=O) groups is 2. The Morgan fingerprint density at radius 2 is 2.00 bits per heavy atom. The van der Waals surface area contributed by atoms with Gasteiger partial charge in [-0.05, 0) is 36.7 Å². The van der Waals surface area contributed by atoms with Crippen LogP contribution in [0.2, 0.25) is 0 Å². The van der Waals surface area contributed by atoms with Gasteiger partial charge < -0.3 is 10.6 Å². The number of anilines is 1. The van der Waals surface area contributed by atoms with Crippen molar-refractivity contribution in [2.24, 2.45) is 0 Å². The molecule has 2 aromatic rings. The lowest BCUT2D eigenvalue weighted by atomic mass is 10.3. The molecule has 8 nitrogen and oxygen atoms in total. The molecular weight excluding hydrogens is 364 g/mol. The molecule has 0 atom stereocenters. The topological polar surface area (TPSA) is 93.8 Å². The van der Waals surface area contributed by atoms with Gasteiger partial charge in [0.05, 0.1) is 21.5 Å². The van der Waals surface area contributed by atoms with Gasteiger partial charge in [0.2, 0.25) is 5.91 Å². The maximum absolute atomic E-state index is 12.3. The fraction of sp³-hybridized carbons (Fsp3) is 0.429. The van der Waals surface area contributed by atoms with Gasteiger partial charge in [0, 0.05) is 19.8 Å². The van der Waals surface area contributed by atoms with Gasteiger partial charge in [-0.3, -0.25) is 19.0 Å². The van der Waals surface area contributed by atoms with Gasteiger partial charge in [-0.2, -0.15) is 10.2 Å². The second-order valence-electron chi connectivity index (χ2n) is 5.02. The largest absolute Gasteiger partial charge is 0.354 e. The molecule has 2 heterocycles. The smallest absolute Gasteiger partial charge is 0.273 e. The number of carbonyl (C=O) groups excluding carboxylic acids is 2. The van der Waals surface area contributed by atoms with E-state index in [1.54, 1.807) is 15.6 Å². The third-order valence-corrected chi connectivity index (χ3v) is 4.54. The van der Waals surface area contributed by atoms with Gasteiger partial charge in [-0.25, -0.2) is 0 Å². The first kappa shape index (κ1) is 17.2. The quantitative estimate of drug-likeness (QED) is 0.818. The SMILES string of the molecule is CCn1cc(NC(=O)Cn2nc(C)c(Br)c2C)c(C(=O)NC)n1. The van der Waals surface area contributed by atoms with Gasteiger partial charge in [0.25, 0.3) is 5.91 Å². The maximum atomic E-state index is 12.3. The highest BCUT2D eigenvalue weighted by Gasteiger charge is 2.18. The summed E-state index contributed by atoms with van der Waals surface area (Å²) in [6.07, 6.45) is 1.64. The van der Waals surface area contributed by atoms with E-state index in [0.717, 1.165) is 15.9 Å². The zero-order valence-electron chi connectivity index (χ0n) is 13.5. The Labute approximate surface area is 142 Å². The van der Waals surface area contributed by atoms with Gasteiger partial charge in [0.15, 0.2) is 5.69 Å². The molecule has 2 amide bonds. The average molecular weight is 383 g/mol. The van der Waals surface area contributed by atoms with Crippen LogP contribution in [0.25, 0.3) is 0 Å². The maximum Gasteiger partial charge on any atom is 0.273 e. The minimum atomic E-state index is -0.346. The molecule has 0 aromatic carbocycles. The highest BCUT2D eigenvalue weighted by atomic mass is 79.9. The second kappa shape index (κ2) is 6.95. The molecule has 2 N–H and O–H groups in total. The normalized spacial score (nSPS) is 10.7. The highest BCUT2D eigenvalue weighted by Crippen LogP contribution is 2.20. The third-order valence-electron chi connectivity index (χ3n) is 3.39. The van der Waals surface area contributed by atoms with Gasteiger partial charge in [0.1, 0.15) is 6.54 Å². The summed E-state index contributed by atoms with van der Waals surface area (Å²) >= 11 is 3.43. The van der Waals surface area contributed by atoms with Crippen molar-refractivity contribution >= 4 is 33.4 Å². The van der Waals surface area contributed by atoms with E-state index < -0.39 is 0 Å². The number of nitrogens with one attached hydrogen (secondary N) is 2. The lowest BCUT2D eigenvalue weighted by molar-refractivity contribution is -0.116. The predicted octanol–water partition coefficient (Wildman–Crippen LogP) is 1.48. The molecule has 9 heteroatoms. The van der Waals surface area contributed by atoms with Crippen molar-refractivity contribution in [3.8, 4) is 0 Å². The number of aromatic nitrogens is 4. The van der Waals surface area contributed by atoms with Crippen molar-refractivity contribution < 1.29 is 9.59 Å². The number of hydrogen-bond acceptors (Lipinski definition) is 4. The van der Waals surface area contributed by atoms with E-state index in [0.29, 0.717) is 12.2 Å². The summed E-state index contributed by atoms with van der Waals surface area (Å²) in [5, 5.41) is 13.7. The van der Waals surface area contributed by atoms with Crippen LogP contribution in [0.5, 0.6) is 0 Å². The van der Waals surface area contributed by atoms with Crippen molar-refractivity contribution in [1.82, 2.24) is 24.9 Å². The molecule has 2 rings (SSSR count). The van der Waals surface area contributed by atoms with E-state index in [1.165, 1.54) is 7.05 Å². The zero-order chi connectivity index (χ0) is 17.1. The van der Waals surface area contributed by atoms with Crippen molar-refractivity contribution in [2.45, 2.75) is 33.9 Å². The van der Waals surface area contributed by atoms with Gasteiger partial charge in [-0.1, -0.05) is 0 Å². The summed E-state index contributed by atoms with van der Waals surface area (Å²) in [4.78, 5) is 24.1. The predicted molar refractivity (Wildman–Crippen MR) is 89.3 cm³/mol. The Kier molecular flexibility index (Phi) is 5.19. The molecule has 0 aliphatic rings. The summed E-state index contributed by atoms with van der Waals surface area (Å²) < 4.78 is 4.09. The van der Waals surface area contributed by atoms with Crippen LogP contribution in [0.1, 0.15) is 28.8 Å². The first-order valence-electron chi connectivity index (χ1n) is 7.16. The van der Waals surface area contributed by atoms with Crippen LogP contribution >= 0.6 is 15.9 Å². The average Bonchev–Trinajstić information content (AvgIpc) is 3.03. The minimum Gasteiger partial charge on any atom is -0.354 e. The Hall–Kier alpha value is -2.16. The molecule has 0 bridgehead atoms. The molecule has 0 fully saturated rings. The standard InChI is InChI=1S/C14H19BrN6O2/c1-5-20-6-10(13(19-20)14(23)16-4)17-11(22)7-21-9(3)12(15)8(2)18-21/h6H,5,7H2,1-4H3,(H,16,23)(H,17,22). The fourth-order valence-corrected chi connectivity index (χ4v) is 2.40. The molecule has 124 valence electrons. The van der Waals surface area contributed by atoms with Crippen LogP contribution in [0.4, 0.5) is 5.69 Å². The van der Waals surface area contributed by atoms with Crippen LogP contribution in [-0.4, -0.2) is 38.4 Å². The van der Waals surface area contributed by atoms with E-state index in [9.17, 15) is 9.59 Å². The first-order chi connectivity index (χ1) is 10.9. The molecule has 0 saturated carbocycles. The fourth-order valence-electron chi connectivity index (χ4n) is 2.12. The molecule has 0 aliphatic heterocycles. The number of hydrogen-bond donors (Lipinski definition) is 2. The highest BCUT2D eigenvalue weighted by molar-refractivity contribution is 9.10. The van der Waals surface area contributed by atoms with Crippen molar-refractivity contribution in [3.63, 3.8) is 0 Å². The number of nitrogens with zero attached hydrogens (tertiary/aromatic N) is 4. The first-order valence-corrected chi connectivity index (χ1v) is 7.95. The van der Waals surface area contributed by atoms with E-state index >= 15 is 0 Å². The van der Waals surface area contributed by atoms with E-state index in [1.807, 2.05) is 20.8 Å².